The van der Waals surface area contributed by atoms with Crippen molar-refractivity contribution in [2.75, 3.05) is 24.6 Å². The van der Waals surface area contributed by atoms with Gasteiger partial charge in [0.25, 0.3) is 0 Å². The molecular weight excluding hydrogens is 302 g/mol. The lowest BCUT2D eigenvalue weighted by atomic mass is 10.1. The first-order valence-electron chi connectivity index (χ1n) is 7.68. The predicted octanol–water partition coefficient (Wildman–Crippen LogP) is -0.716. The molecule has 1 aliphatic rings. The van der Waals surface area contributed by atoms with Crippen LogP contribution in [0.3, 0.4) is 0 Å². The Bertz CT molecular complexity index is 674. The van der Waals surface area contributed by atoms with E-state index in [1.807, 2.05) is 18.7 Å². The highest BCUT2D eigenvalue weighted by atomic mass is 16.6. The molecule has 2 aromatic rings. The van der Waals surface area contributed by atoms with Gasteiger partial charge in [-0.3, -0.25) is 0 Å². The number of aliphatic hydroxyl groups is 3. The van der Waals surface area contributed by atoms with Gasteiger partial charge in [0.1, 0.15) is 29.3 Å². The van der Waals surface area contributed by atoms with Crippen molar-refractivity contribution in [2.24, 2.45) is 0 Å². The topological polar surface area (TPSA) is 117 Å². The molecule has 9 nitrogen and oxygen atoms in total. The van der Waals surface area contributed by atoms with Crippen LogP contribution in [0, 0.1) is 0 Å². The van der Waals surface area contributed by atoms with E-state index in [-0.39, 0.29) is 6.61 Å². The second-order valence-corrected chi connectivity index (χ2v) is 5.43. The zero-order chi connectivity index (χ0) is 16.6. The smallest absolute Gasteiger partial charge is 0.226 e. The van der Waals surface area contributed by atoms with Gasteiger partial charge in [-0.15, -0.1) is 0 Å². The Morgan fingerprint density at radius 3 is 2.57 bits per heavy atom. The van der Waals surface area contributed by atoms with Gasteiger partial charge >= 0.3 is 0 Å². The molecule has 0 amide bonds. The third kappa shape index (κ3) is 2.65. The quantitative estimate of drug-likeness (QED) is 0.660. The van der Waals surface area contributed by atoms with Gasteiger partial charge in [-0.2, -0.15) is 5.10 Å². The second-order valence-electron chi connectivity index (χ2n) is 5.43. The van der Waals surface area contributed by atoms with Crippen LogP contribution in [0.4, 0.5) is 5.95 Å². The summed E-state index contributed by atoms with van der Waals surface area (Å²) in [7, 11) is 0. The molecule has 126 valence electrons. The second kappa shape index (κ2) is 6.36. The third-order valence-corrected chi connectivity index (χ3v) is 4.14. The molecule has 0 saturated carbocycles. The third-order valence-electron chi connectivity index (χ3n) is 4.14. The fourth-order valence-electron chi connectivity index (χ4n) is 2.77. The normalized spacial score (nSPS) is 27.7. The minimum absolute atomic E-state index is 0.378. The number of ether oxygens (including phenoxy) is 1. The Kier molecular flexibility index (Phi) is 4.44. The van der Waals surface area contributed by atoms with E-state index in [1.54, 1.807) is 12.4 Å². The lowest BCUT2D eigenvalue weighted by molar-refractivity contribution is -0.0564. The molecule has 0 bridgehead atoms. The van der Waals surface area contributed by atoms with E-state index in [4.69, 9.17) is 4.74 Å². The first-order valence-corrected chi connectivity index (χ1v) is 7.68. The number of rotatable bonds is 5. The lowest BCUT2D eigenvalue weighted by Gasteiger charge is -2.18. The first kappa shape index (κ1) is 16.1. The predicted molar refractivity (Wildman–Crippen MR) is 81.9 cm³/mol. The lowest BCUT2D eigenvalue weighted by Crippen LogP contribution is -2.33. The van der Waals surface area contributed by atoms with Crippen LogP contribution < -0.4 is 4.90 Å². The molecule has 0 unspecified atom stereocenters. The summed E-state index contributed by atoms with van der Waals surface area (Å²) in [5.74, 6) is 0.614. The van der Waals surface area contributed by atoms with E-state index < -0.39 is 24.5 Å². The first-order chi connectivity index (χ1) is 11.1. The molecule has 9 heteroatoms. The van der Waals surface area contributed by atoms with Crippen LogP contribution in [-0.2, 0) is 4.74 Å². The van der Waals surface area contributed by atoms with Crippen molar-refractivity contribution >= 4 is 17.0 Å². The summed E-state index contributed by atoms with van der Waals surface area (Å²) in [6, 6.07) is 0. The molecule has 4 atom stereocenters. The van der Waals surface area contributed by atoms with Gasteiger partial charge in [0.2, 0.25) is 5.95 Å². The summed E-state index contributed by atoms with van der Waals surface area (Å²) in [5.41, 5.74) is 1.22. The molecule has 3 N–H and O–H groups in total. The van der Waals surface area contributed by atoms with Crippen LogP contribution in [-0.4, -0.2) is 73.1 Å². The van der Waals surface area contributed by atoms with E-state index in [2.05, 4.69) is 15.1 Å². The fraction of sp³-hybridized carbons (Fsp3) is 0.643. The molecule has 0 spiro atoms. The minimum atomic E-state index is -1.18. The van der Waals surface area contributed by atoms with Gasteiger partial charge in [0.15, 0.2) is 6.23 Å². The largest absolute Gasteiger partial charge is 0.394 e. The number of aliphatic hydroxyl groups excluding tert-OH is 3. The van der Waals surface area contributed by atoms with Crippen LogP contribution in [0.25, 0.3) is 11.0 Å². The van der Waals surface area contributed by atoms with Gasteiger partial charge in [-0.1, -0.05) is 0 Å². The van der Waals surface area contributed by atoms with Crippen LogP contribution in [0.15, 0.2) is 12.4 Å². The average molecular weight is 323 g/mol. The number of aromatic nitrogens is 4. The summed E-state index contributed by atoms with van der Waals surface area (Å²) in [5, 5.41) is 33.4. The van der Waals surface area contributed by atoms with E-state index in [0.717, 1.165) is 13.1 Å². The molecule has 3 heterocycles. The van der Waals surface area contributed by atoms with Crippen molar-refractivity contribution in [3.05, 3.63) is 12.4 Å². The fourth-order valence-corrected chi connectivity index (χ4v) is 2.77. The Morgan fingerprint density at radius 2 is 1.96 bits per heavy atom. The molecular formula is C14H21N5O4. The standard InChI is InChI=1S/C14H21N5O4/c1-3-18(4-2)14-15-6-9-8(17-14)5-16-19(9)13-12(22)11(21)10(7-20)23-13/h5-6,10-13,20-22H,3-4,7H2,1-2H3/t10-,11-,12-,13-/m1/s1. The van der Waals surface area contributed by atoms with E-state index in [9.17, 15) is 15.3 Å². The summed E-state index contributed by atoms with van der Waals surface area (Å²) in [6.45, 7) is 5.27. The highest BCUT2D eigenvalue weighted by Crippen LogP contribution is 2.31. The zero-order valence-electron chi connectivity index (χ0n) is 13.1. The van der Waals surface area contributed by atoms with E-state index in [0.29, 0.717) is 17.0 Å². The Hall–Kier alpha value is -1.81. The maximum atomic E-state index is 10.1. The van der Waals surface area contributed by atoms with Crippen molar-refractivity contribution < 1.29 is 20.1 Å². The van der Waals surface area contributed by atoms with Gasteiger partial charge < -0.3 is 25.0 Å². The van der Waals surface area contributed by atoms with Gasteiger partial charge in [0, 0.05) is 13.1 Å². The molecule has 0 aliphatic carbocycles. The highest BCUT2D eigenvalue weighted by molar-refractivity contribution is 5.74. The van der Waals surface area contributed by atoms with Crippen LogP contribution in [0.1, 0.15) is 20.1 Å². The van der Waals surface area contributed by atoms with Crippen LogP contribution in [0.5, 0.6) is 0 Å². The number of hydrogen-bond donors (Lipinski definition) is 3. The van der Waals surface area contributed by atoms with Gasteiger partial charge in [-0.25, -0.2) is 14.6 Å². The molecule has 1 aliphatic heterocycles. The number of hydrogen-bond acceptors (Lipinski definition) is 8. The van der Waals surface area contributed by atoms with Crippen molar-refractivity contribution in [2.45, 2.75) is 38.4 Å². The van der Waals surface area contributed by atoms with Gasteiger partial charge in [-0.05, 0) is 13.8 Å². The van der Waals surface area contributed by atoms with Crippen molar-refractivity contribution in [3.8, 4) is 0 Å². The monoisotopic (exact) mass is 323 g/mol. The number of nitrogens with zero attached hydrogens (tertiary/aromatic N) is 5. The van der Waals surface area contributed by atoms with Crippen molar-refractivity contribution in [1.82, 2.24) is 19.7 Å². The molecule has 1 fully saturated rings. The molecule has 3 rings (SSSR count). The Morgan fingerprint density at radius 1 is 1.22 bits per heavy atom. The SMILES string of the molecule is CCN(CC)c1ncc2c(cnn2[C@@H]2O[C@H](CO)[C@@H](O)[C@H]2O)n1. The highest BCUT2D eigenvalue weighted by Gasteiger charge is 2.44. The van der Waals surface area contributed by atoms with Crippen molar-refractivity contribution in [1.29, 1.82) is 0 Å². The summed E-state index contributed by atoms with van der Waals surface area (Å²) >= 11 is 0. The summed E-state index contributed by atoms with van der Waals surface area (Å²) < 4.78 is 6.93. The number of anilines is 1. The van der Waals surface area contributed by atoms with E-state index in [1.165, 1.54) is 4.68 Å². The number of fused-ring (bicyclic) bond motifs is 1. The summed E-state index contributed by atoms with van der Waals surface area (Å²) in [6.07, 6.45) is -0.887. The molecule has 0 radical (unpaired) electrons. The minimum Gasteiger partial charge on any atom is -0.394 e. The molecule has 1 saturated heterocycles. The maximum absolute atomic E-state index is 10.1. The molecule has 2 aromatic heterocycles. The molecule has 23 heavy (non-hydrogen) atoms. The van der Waals surface area contributed by atoms with Crippen molar-refractivity contribution in [3.63, 3.8) is 0 Å². The zero-order valence-corrected chi connectivity index (χ0v) is 13.1. The summed E-state index contributed by atoms with van der Waals surface area (Å²) in [4.78, 5) is 10.8. The molecule has 0 aromatic carbocycles. The maximum Gasteiger partial charge on any atom is 0.226 e. The van der Waals surface area contributed by atoms with Crippen LogP contribution >= 0.6 is 0 Å². The average Bonchev–Trinajstić information content (AvgIpc) is 3.10. The van der Waals surface area contributed by atoms with E-state index >= 15 is 0 Å². The van der Waals surface area contributed by atoms with Crippen LogP contribution in [0.2, 0.25) is 0 Å². The van der Waals surface area contributed by atoms with Gasteiger partial charge in [0.05, 0.1) is 19.0 Å². The Balaban J connectivity index is 1.94. The Labute approximate surface area is 133 Å².